The Morgan fingerprint density at radius 3 is 1.82 bits per heavy atom. The van der Waals surface area contributed by atoms with Crippen LogP contribution < -0.4 is 17.3 Å². The molecule has 154 valence electrons. The molecule has 0 aliphatic rings. The van der Waals surface area contributed by atoms with Crippen LogP contribution in [0.3, 0.4) is 0 Å². The van der Waals surface area contributed by atoms with E-state index in [0.717, 1.165) is 37.2 Å². The van der Waals surface area contributed by atoms with Crippen LogP contribution >= 0.6 is 0 Å². The standard InChI is InChI=1S/C23H31NO3.ClH/c1-4-24(5-2)18-13-19-26-22(25)23(27-6-3,20-14-9-7-10-15-20)21-16-11-8-12-17-21;/h7-12,14-17H,4-6,13,18-19H2,1-3H3;1H. The summed E-state index contributed by atoms with van der Waals surface area (Å²) in [4.78, 5) is 14.8. The summed E-state index contributed by atoms with van der Waals surface area (Å²) in [5, 5.41) is 0. The molecule has 0 saturated carbocycles. The normalized spacial score (nSPS) is 11.1. The van der Waals surface area contributed by atoms with Crippen molar-refractivity contribution in [2.75, 3.05) is 32.8 Å². The zero-order valence-electron chi connectivity index (χ0n) is 17.1. The lowest BCUT2D eigenvalue weighted by Crippen LogP contribution is -3.11. The minimum Gasteiger partial charge on any atom is -1.00 e. The van der Waals surface area contributed by atoms with Gasteiger partial charge in [0, 0.05) is 13.0 Å². The van der Waals surface area contributed by atoms with Crippen LogP contribution in [0, 0.1) is 0 Å². The maximum atomic E-state index is 13.3. The van der Waals surface area contributed by atoms with Crippen molar-refractivity contribution >= 4 is 5.97 Å². The van der Waals surface area contributed by atoms with Gasteiger partial charge >= 0.3 is 5.97 Å². The van der Waals surface area contributed by atoms with Gasteiger partial charge in [0.2, 0.25) is 5.60 Å². The Hall–Kier alpha value is -1.88. The summed E-state index contributed by atoms with van der Waals surface area (Å²) >= 11 is 0. The zero-order valence-corrected chi connectivity index (χ0v) is 17.9. The van der Waals surface area contributed by atoms with Gasteiger partial charge < -0.3 is 26.8 Å². The van der Waals surface area contributed by atoms with Gasteiger partial charge in [-0.1, -0.05) is 60.7 Å². The Labute approximate surface area is 175 Å². The van der Waals surface area contributed by atoms with Crippen molar-refractivity contribution in [3.05, 3.63) is 71.8 Å². The topological polar surface area (TPSA) is 40.0 Å². The number of hydrogen-bond donors (Lipinski definition) is 1. The molecule has 0 spiro atoms. The average molecular weight is 406 g/mol. The van der Waals surface area contributed by atoms with Gasteiger partial charge in [0.25, 0.3) is 0 Å². The van der Waals surface area contributed by atoms with Crippen LogP contribution in [-0.4, -0.2) is 38.8 Å². The number of carbonyl (C=O) groups is 1. The number of halogens is 1. The van der Waals surface area contributed by atoms with E-state index >= 15 is 0 Å². The molecular weight excluding hydrogens is 374 g/mol. The van der Waals surface area contributed by atoms with Crippen molar-refractivity contribution < 1.29 is 31.6 Å². The van der Waals surface area contributed by atoms with Crippen LogP contribution in [0.2, 0.25) is 0 Å². The number of benzene rings is 2. The molecule has 0 aliphatic carbocycles. The van der Waals surface area contributed by atoms with Gasteiger partial charge in [-0.2, -0.15) is 0 Å². The molecule has 0 atom stereocenters. The van der Waals surface area contributed by atoms with Crippen molar-refractivity contribution in [2.24, 2.45) is 0 Å². The second-order valence-electron chi connectivity index (χ2n) is 6.54. The third-order valence-corrected chi connectivity index (χ3v) is 4.92. The summed E-state index contributed by atoms with van der Waals surface area (Å²) < 4.78 is 11.8. The van der Waals surface area contributed by atoms with Crippen molar-refractivity contribution in [3.63, 3.8) is 0 Å². The zero-order chi connectivity index (χ0) is 19.5. The molecule has 0 aromatic heterocycles. The molecule has 28 heavy (non-hydrogen) atoms. The summed E-state index contributed by atoms with van der Waals surface area (Å²) in [6, 6.07) is 19.2. The predicted molar refractivity (Wildman–Crippen MR) is 108 cm³/mol. The van der Waals surface area contributed by atoms with Gasteiger partial charge in [0.05, 0.1) is 26.2 Å². The molecule has 1 N–H and O–H groups in total. The summed E-state index contributed by atoms with van der Waals surface area (Å²) in [6.45, 7) is 10.2. The monoisotopic (exact) mass is 405 g/mol. The van der Waals surface area contributed by atoms with Crippen molar-refractivity contribution in [1.29, 1.82) is 0 Å². The summed E-state index contributed by atoms with van der Waals surface area (Å²) in [6.07, 6.45) is 0.842. The van der Waals surface area contributed by atoms with Gasteiger partial charge in [-0.05, 0) is 31.9 Å². The molecule has 0 aliphatic heterocycles. The highest BCUT2D eigenvalue weighted by Gasteiger charge is 2.44. The number of nitrogens with one attached hydrogen (secondary N) is 1. The minimum absolute atomic E-state index is 0. The molecule has 0 bridgehead atoms. The second kappa shape index (κ2) is 12.6. The largest absolute Gasteiger partial charge is 1.00 e. The van der Waals surface area contributed by atoms with E-state index in [4.69, 9.17) is 9.47 Å². The Kier molecular flexibility index (Phi) is 10.8. The molecule has 0 unspecified atom stereocenters. The number of carbonyl (C=O) groups excluding carboxylic acids is 1. The Balaban J connectivity index is 0.00000392. The maximum absolute atomic E-state index is 13.3. The maximum Gasteiger partial charge on any atom is 0.347 e. The van der Waals surface area contributed by atoms with Gasteiger partial charge in [0.1, 0.15) is 0 Å². The molecule has 5 heteroatoms. The number of ether oxygens (including phenoxy) is 2. The Morgan fingerprint density at radius 1 is 0.893 bits per heavy atom. The molecule has 2 aromatic carbocycles. The lowest BCUT2D eigenvalue weighted by atomic mass is 9.86. The van der Waals surface area contributed by atoms with E-state index in [9.17, 15) is 4.79 Å². The van der Waals surface area contributed by atoms with Crippen LogP contribution in [-0.2, 0) is 19.9 Å². The van der Waals surface area contributed by atoms with Gasteiger partial charge in [0.15, 0.2) is 0 Å². The van der Waals surface area contributed by atoms with E-state index in [-0.39, 0.29) is 18.4 Å². The summed E-state index contributed by atoms with van der Waals surface area (Å²) in [5.74, 6) is -0.351. The smallest absolute Gasteiger partial charge is 0.347 e. The molecular formula is C23H32ClNO3. The highest BCUT2D eigenvalue weighted by molar-refractivity contribution is 5.85. The van der Waals surface area contributed by atoms with E-state index in [1.807, 2.05) is 67.6 Å². The second-order valence-corrected chi connectivity index (χ2v) is 6.54. The van der Waals surface area contributed by atoms with Crippen LogP contribution in [0.5, 0.6) is 0 Å². The highest BCUT2D eigenvalue weighted by atomic mass is 35.5. The Bertz CT molecular complexity index is 635. The van der Waals surface area contributed by atoms with Gasteiger partial charge in [-0.3, -0.25) is 0 Å². The van der Waals surface area contributed by atoms with Crippen LogP contribution in [0.15, 0.2) is 60.7 Å². The lowest BCUT2D eigenvalue weighted by molar-refractivity contribution is -0.896. The first kappa shape index (κ1) is 24.2. The average Bonchev–Trinajstić information content (AvgIpc) is 2.73. The predicted octanol–water partition coefficient (Wildman–Crippen LogP) is -0.171. The number of hydrogen-bond acceptors (Lipinski definition) is 3. The SMILES string of the molecule is CCOC(C(=O)OCCC[NH+](CC)CC)(c1ccccc1)c1ccccc1.[Cl-]. The van der Waals surface area contributed by atoms with Crippen LogP contribution in [0.1, 0.15) is 38.3 Å². The van der Waals surface area contributed by atoms with E-state index < -0.39 is 5.60 Å². The molecule has 0 radical (unpaired) electrons. The fraction of sp³-hybridized carbons (Fsp3) is 0.435. The summed E-state index contributed by atoms with van der Waals surface area (Å²) in [7, 11) is 0. The highest BCUT2D eigenvalue weighted by Crippen LogP contribution is 2.35. The first-order chi connectivity index (χ1) is 13.2. The van der Waals surface area contributed by atoms with E-state index in [1.165, 1.54) is 4.90 Å². The first-order valence-corrected chi connectivity index (χ1v) is 9.94. The van der Waals surface area contributed by atoms with E-state index in [0.29, 0.717) is 13.2 Å². The summed E-state index contributed by atoms with van der Waals surface area (Å²) in [5.41, 5.74) is 0.342. The van der Waals surface area contributed by atoms with Gasteiger partial charge in [-0.25, -0.2) is 4.79 Å². The van der Waals surface area contributed by atoms with E-state index in [1.54, 1.807) is 0 Å². The Morgan fingerprint density at radius 2 is 1.39 bits per heavy atom. The third kappa shape index (κ3) is 5.81. The van der Waals surface area contributed by atoms with E-state index in [2.05, 4.69) is 13.8 Å². The molecule has 0 fully saturated rings. The van der Waals surface area contributed by atoms with Crippen molar-refractivity contribution in [3.8, 4) is 0 Å². The molecule has 0 saturated heterocycles. The quantitative estimate of drug-likeness (QED) is 0.417. The van der Waals surface area contributed by atoms with Gasteiger partial charge in [-0.15, -0.1) is 0 Å². The minimum atomic E-state index is -1.24. The van der Waals surface area contributed by atoms with Crippen LogP contribution in [0.4, 0.5) is 0 Å². The molecule has 0 heterocycles. The molecule has 0 amide bonds. The number of quaternary nitrogens is 1. The van der Waals surface area contributed by atoms with Crippen molar-refractivity contribution in [2.45, 2.75) is 32.8 Å². The lowest BCUT2D eigenvalue weighted by Gasteiger charge is -2.32. The van der Waals surface area contributed by atoms with Crippen LogP contribution in [0.25, 0.3) is 0 Å². The molecule has 4 nitrogen and oxygen atoms in total. The van der Waals surface area contributed by atoms with Crippen molar-refractivity contribution in [1.82, 2.24) is 0 Å². The fourth-order valence-electron chi connectivity index (χ4n) is 3.38. The third-order valence-electron chi connectivity index (χ3n) is 4.92. The molecule has 2 aromatic rings. The number of rotatable bonds is 11. The fourth-order valence-corrected chi connectivity index (χ4v) is 3.38. The first-order valence-electron chi connectivity index (χ1n) is 9.94. The molecule has 2 rings (SSSR count). The number of esters is 1.